The van der Waals surface area contributed by atoms with E-state index in [1.165, 1.54) is 12.8 Å². The van der Waals surface area contributed by atoms with Crippen molar-refractivity contribution in [3.8, 4) is 0 Å². The van der Waals surface area contributed by atoms with Crippen LogP contribution in [-0.2, 0) is 4.79 Å². The van der Waals surface area contributed by atoms with Crippen molar-refractivity contribution in [2.45, 2.75) is 51.5 Å². The van der Waals surface area contributed by atoms with Gasteiger partial charge < -0.3 is 10.2 Å². The number of carbonyl (C=O) groups excluding carboxylic acids is 1. The van der Waals surface area contributed by atoms with Gasteiger partial charge in [0.25, 0.3) is 0 Å². The minimum Gasteiger partial charge on any atom is -0.356 e. The molecule has 1 amide bonds. The molecule has 1 aromatic heterocycles. The number of aromatic nitrogens is 2. The summed E-state index contributed by atoms with van der Waals surface area (Å²) in [6.45, 7) is 7.70. The van der Waals surface area contributed by atoms with Crippen molar-refractivity contribution >= 4 is 11.7 Å². The van der Waals surface area contributed by atoms with E-state index in [4.69, 9.17) is 0 Å². The van der Waals surface area contributed by atoms with Gasteiger partial charge in [-0.05, 0) is 46.1 Å². The topological polar surface area (TPSA) is 58.1 Å². The normalized spacial score (nSPS) is 22.4. The van der Waals surface area contributed by atoms with Gasteiger partial charge in [-0.15, -0.1) is 0 Å². The number of nitrogens with one attached hydrogen (secondary N) is 1. The maximum atomic E-state index is 12.3. The minimum atomic E-state index is -0.168. The average Bonchev–Trinajstić information content (AvgIpc) is 3.14. The van der Waals surface area contributed by atoms with Crippen molar-refractivity contribution in [2.75, 3.05) is 18.0 Å². The fourth-order valence-corrected chi connectivity index (χ4v) is 2.73. The molecule has 0 spiro atoms. The van der Waals surface area contributed by atoms with Gasteiger partial charge in [-0.2, -0.15) is 0 Å². The molecule has 3 rings (SSSR count). The van der Waals surface area contributed by atoms with E-state index in [0.29, 0.717) is 5.92 Å². The van der Waals surface area contributed by atoms with E-state index in [9.17, 15) is 4.79 Å². The molecule has 1 aliphatic carbocycles. The van der Waals surface area contributed by atoms with E-state index in [2.05, 4.69) is 20.2 Å². The molecule has 1 atom stereocenters. The van der Waals surface area contributed by atoms with Crippen LogP contribution in [0.3, 0.4) is 0 Å². The zero-order chi connectivity index (χ0) is 15.0. The van der Waals surface area contributed by atoms with Crippen molar-refractivity contribution in [1.29, 1.82) is 0 Å². The first kappa shape index (κ1) is 14.3. The number of amides is 1. The quantitative estimate of drug-likeness (QED) is 0.925. The van der Waals surface area contributed by atoms with Crippen molar-refractivity contribution in [3.05, 3.63) is 18.1 Å². The van der Waals surface area contributed by atoms with Crippen LogP contribution in [0, 0.1) is 5.92 Å². The van der Waals surface area contributed by atoms with E-state index >= 15 is 0 Å². The monoisotopic (exact) mass is 288 g/mol. The average molecular weight is 288 g/mol. The molecule has 2 fully saturated rings. The fraction of sp³-hybridized carbons (Fsp3) is 0.688. The van der Waals surface area contributed by atoms with Crippen LogP contribution in [0.1, 0.15) is 51.8 Å². The first-order valence-corrected chi connectivity index (χ1v) is 7.82. The third-order valence-electron chi connectivity index (χ3n) is 3.98. The van der Waals surface area contributed by atoms with E-state index < -0.39 is 0 Å². The van der Waals surface area contributed by atoms with Crippen LogP contribution in [0.4, 0.5) is 5.82 Å². The van der Waals surface area contributed by atoms with E-state index in [0.717, 1.165) is 31.2 Å². The Balaban J connectivity index is 1.64. The van der Waals surface area contributed by atoms with Gasteiger partial charge in [0.1, 0.15) is 11.6 Å². The van der Waals surface area contributed by atoms with Gasteiger partial charge in [0.05, 0.1) is 5.92 Å². The van der Waals surface area contributed by atoms with Gasteiger partial charge in [-0.3, -0.25) is 4.79 Å². The lowest BCUT2D eigenvalue weighted by molar-refractivity contribution is -0.125. The molecular weight excluding hydrogens is 264 g/mol. The van der Waals surface area contributed by atoms with E-state index in [1.54, 1.807) is 0 Å². The molecule has 5 nitrogen and oxygen atoms in total. The highest BCUT2D eigenvalue weighted by atomic mass is 16.2. The smallest absolute Gasteiger partial charge is 0.225 e. The Bertz CT molecular complexity index is 533. The lowest BCUT2D eigenvalue weighted by Crippen LogP contribution is -2.44. The molecule has 0 radical (unpaired) electrons. The Morgan fingerprint density at radius 2 is 2.10 bits per heavy atom. The van der Waals surface area contributed by atoms with Crippen molar-refractivity contribution in [1.82, 2.24) is 15.3 Å². The second kappa shape index (κ2) is 5.28. The summed E-state index contributed by atoms with van der Waals surface area (Å²) in [5, 5.41) is 3.07. The zero-order valence-corrected chi connectivity index (χ0v) is 13.1. The summed E-state index contributed by atoms with van der Waals surface area (Å²) in [5.74, 6) is 2.71. The van der Waals surface area contributed by atoms with E-state index in [-0.39, 0.29) is 17.4 Å². The summed E-state index contributed by atoms with van der Waals surface area (Å²) in [4.78, 5) is 23.5. The number of hydrogen-bond donors (Lipinski definition) is 1. The van der Waals surface area contributed by atoms with Crippen LogP contribution in [0.25, 0.3) is 0 Å². The van der Waals surface area contributed by atoms with E-state index in [1.807, 2.05) is 33.0 Å². The lowest BCUT2D eigenvalue weighted by atomic mass is 10.0. The molecule has 1 N–H and O–H groups in total. The van der Waals surface area contributed by atoms with Crippen LogP contribution in [-0.4, -0.2) is 34.5 Å². The Labute approximate surface area is 126 Å². The first-order chi connectivity index (χ1) is 9.92. The Kier molecular flexibility index (Phi) is 3.59. The summed E-state index contributed by atoms with van der Waals surface area (Å²) in [5.41, 5.74) is -0.168. The second-order valence-corrected chi connectivity index (χ2v) is 7.22. The molecular formula is C16H24N4O. The standard InChI is InChI=1S/C16H24N4O/c1-16(2,3)19-15(21)12-7-9-20(10-12)13-6-8-17-14(18-13)11-4-5-11/h6,8,11-12H,4-5,7,9-10H2,1-3H3,(H,19,21). The molecule has 1 saturated heterocycles. The molecule has 1 saturated carbocycles. The Morgan fingerprint density at radius 3 is 2.76 bits per heavy atom. The number of anilines is 1. The molecule has 1 unspecified atom stereocenters. The molecule has 2 heterocycles. The first-order valence-electron chi connectivity index (χ1n) is 7.82. The van der Waals surface area contributed by atoms with Gasteiger partial charge in [0.2, 0.25) is 5.91 Å². The Hall–Kier alpha value is -1.65. The summed E-state index contributed by atoms with van der Waals surface area (Å²) in [6.07, 6.45) is 5.16. The Morgan fingerprint density at radius 1 is 1.33 bits per heavy atom. The molecule has 5 heteroatoms. The highest BCUT2D eigenvalue weighted by Gasteiger charge is 2.32. The molecule has 114 valence electrons. The number of rotatable bonds is 3. The summed E-state index contributed by atoms with van der Waals surface area (Å²) in [6, 6.07) is 1.95. The molecule has 1 aromatic rings. The van der Waals surface area contributed by atoms with Crippen LogP contribution in [0.2, 0.25) is 0 Å². The highest BCUT2D eigenvalue weighted by Crippen LogP contribution is 2.38. The van der Waals surface area contributed by atoms with Gasteiger partial charge in [-0.25, -0.2) is 9.97 Å². The van der Waals surface area contributed by atoms with Crippen molar-refractivity contribution in [3.63, 3.8) is 0 Å². The van der Waals surface area contributed by atoms with Crippen molar-refractivity contribution < 1.29 is 4.79 Å². The van der Waals surface area contributed by atoms with Gasteiger partial charge in [0, 0.05) is 30.7 Å². The van der Waals surface area contributed by atoms with Gasteiger partial charge in [0.15, 0.2) is 0 Å². The SMILES string of the molecule is CC(C)(C)NC(=O)C1CCN(c2ccnc(C3CC3)n2)C1. The molecule has 1 aliphatic heterocycles. The number of nitrogens with zero attached hydrogens (tertiary/aromatic N) is 3. The maximum Gasteiger partial charge on any atom is 0.225 e. The van der Waals surface area contributed by atoms with Gasteiger partial charge in [-0.1, -0.05) is 0 Å². The van der Waals surface area contributed by atoms with Crippen LogP contribution in [0.5, 0.6) is 0 Å². The van der Waals surface area contributed by atoms with Crippen LogP contribution >= 0.6 is 0 Å². The van der Waals surface area contributed by atoms with Crippen LogP contribution in [0.15, 0.2) is 12.3 Å². The predicted molar refractivity (Wildman–Crippen MR) is 82.2 cm³/mol. The minimum absolute atomic E-state index is 0.0589. The summed E-state index contributed by atoms with van der Waals surface area (Å²) >= 11 is 0. The number of carbonyl (C=O) groups is 1. The fourth-order valence-electron chi connectivity index (χ4n) is 2.73. The third kappa shape index (κ3) is 3.52. The third-order valence-corrected chi connectivity index (χ3v) is 3.98. The van der Waals surface area contributed by atoms with Gasteiger partial charge >= 0.3 is 0 Å². The molecule has 21 heavy (non-hydrogen) atoms. The largest absolute Gasteiger partial charge is 0.356 e. The van der Waals surface area contributed by atoms with Crippen LogP contribution < -0.4 is 10.2 Å². The maximum absolute atomic E-state index is 12.3. The molecule has 0 aromatic carbocycles. The van der Waals surface area contributed by atoms with Crippen molar-refractivity contribution in [2.24, 2.45) is 5.92 Å². The summed E-state index contributed by atoms with van der Waals surface area (Å²) < 4.78 is 0. The second-order valence-electron chi connectivity index (χ2n) is 7.22. The highest BCUT2D eigenvalue weighted by molar-refractivity contribution is 5.80. The predicted octanol–water partition coefficient (Wildman–Crippen LogP) is 2.09. The summed E-state index contributed by atoms with van der Waals surface area (Å²) in [7, 11) is 0. The lowest BCUT2D eigenvalue weighted by Gasteiger charge is -2.23. The zero-order valence-electron chi connectivity index (χ0n) is 13.1. The number of hydrogen-bond acceptors (Lipinski definition) is 4. The molecule has 2 aliphatic rings. The molecule has 0 bridgehead atoms.